The minimum atomic E-state index is 0. The van der Waals surface area contributed by atoms with Gasteiger partial charge in [0.1, 0.15) is 0 Å². The van der Waals surface area contributed by atoms with Gasteiger partial charge in [-0.05, 0) is 0 Å². The average Bonchev–Trinajstić information content (AvgIpc) is 2.71. The van der Waals surface area contributed by atoms with Gasteiger partial charge in [0.25, 0.3) is 0 Å². The number of hydrogen-bond acceptors (Lipinski definition) is 0. The Hall–Kier alpha value is -2.47. The van der Waals surface area contributed by atoms with E-state index in [1.165, 1.54) is 0 Å². The summed E-state index contributed by atoms with van der Waals surface area (Å²) in [6, 6.07) is 44.3. The van der Waals surface area contributed by atoms with Gasteiger partial charge in [-0.1, -0.05) is 0 Å². The van der Waals surface area contributed by atoms with Crippen LogP contribution in [-0.4, -0.2) is 0 Å². The van der Waals surface area contributed by atoms with Crippen LogP contribution in [0.5, 0.6) is 0 Å². The molecule has 0 saturated heterocycles. The maximum absolute atomic E-state index is 3.15. The Morgan fingerprint density at radius 2 is 0.600 bits per heavy atom. The summed E-state index contributed by atoms with van der Waals surface area (Å²) < 4.78 is 0. The molecule has 0 atom stereocenters. The van der Waals surface area contributed by atoms with Gasteiger partial charge in [0, 0.05) is 20.1 Å². The van der Waals surface area contributed by atoms with Crippen LogP contribution in [0.4, 0.5) is 0 Å². The third-order valence-corrected chi connectivity index (χ3v) is 3.42. The van der Waals surface area contributed by atoms with E-state index in [0.29, 0.717) is 0 Å². The Labute approximate surface area is 163 Å². The van der Waals surface area contributed by atoms with Gasteiger partial charge in [-0.15, -0.1) is 24.3 Å². The third kappa shape index (κ3) is 5.83. The first-order chi connectivity index (χ1) is 11.9. The summed E-state index contributed by atoms with van der Waals surface area (Å²) in [5, 5.41) is 0. The maximum atomic E-state index is 3.15. The van der Waals surface area contributed by atoms with Crippen molar-refractivity contribution in [3.8, 4) is 22.3 Å². The Kier molecular flexibility index (Phi) is 7.85. The van der Waals surface area contributed by atoms with Crippen molar-refractivity contribution in [2.75, 3.05) is 0 Å². The van der Waals surface area contributed by atoms with Crippen molar-refractivity contribution in [3.63, 3.8) is 0 Å². The summed E-state index contributed by atoms with van der Waals surface area (Å²) in [7, 11) is 0. The Bertz CT molecular complexity index is 676. The Morgan fingerprint density at radius 3 is 0.760 bits per heavy atom. The second-order valence-corrected chi connectivity index (χ2v) is 5.10. The fourth-order valence-electron chi connectivity index (χ4n) is 2.24. The fraction of sp³-hybridized carbons (Fsp3) is 0. The average molecular weight is 497 g/mol. The van der Waals surface area contributed by atoms with Crippen LogP contribution >= 0.6 is 0 Å². The van der Waals surface area contributed by atoms with E-state index < -0.39 is 0 Å². The van der Waals surface area contributed by atoms with Crippen molar-refractivity contribution in [2.45, 2.75) is 0 Å². The van der Waals surface area contributed by atoms with Crippen LogP contribution in [0.15, 0.2) is 97.1 Å². The SMILES string of the molecule is [Ir].[c-]1ccccc1-c1[c-]cccc1.[c-]1ccccc1-c1[c-]cccc1. The van der Waals surface area contributed by atoms with Gasteiger partial charge < -0.3 is 0 Å². The van der Waals surface area contributed by atoms with Gasteiger partial charge >= 0.3 is 0 Å². The molecule has 0 aliphatic carbocycles. The van der Waals surface area contributed by atoms with Gasteiger partial charge in [-0.25, -0.2) is 22.3 Å². The molecule has 1 heteroatoms. The van der Waals surface area contributed by atoms with E-state index in [9.17, 15) is 0 Å². The van der Waals surface area contributed by atoms with Gasteiger partial charge in [0.15, 0.2) is 0 Å². The molecule has 0 fully saturated rings. The molecule has 0 N–H and O–H groups in total. The summed E-state index contributed by atoms with van der Waals surface area (Å²) >= 11 is 0. The number of benzene rings is 4. The molecular formula is C24H16Ir-4. The summed E-state index contributed by atoms with van der Waals surface area (Å²) in [5.41, 5.74) is 4.38. The fourth-order valence-corrected chi connectivity index (χ4v) is 2.24. The first kappa shape index (κ1) is 18.9. The monoisotopic (exact) mass is 497 g/mol. The molecule has 4 aromatic carbocycles. The second-order valence-electron chi connectivity index (χ2n) is 5.10. The molecule has 0 bridgehead atoms. The molecule has 0 amide bonds. The molecule has 25 heavy (non-hydrogen) atoms. The van der Waals surface area contributed by atoms with Crippen molar-refractivity contribution in [1.29, 1.82) is 0 Å². The van der Waals surface area contributed by atoms with Crippen molar-refractivity contribution in [2.24, 2.45) is 0 Å². The number of hydrogen-bond donors (Lipinski definition) is 0. The van der Waals surface area contributed by atoms with Crippen molar-refractivity contribution < 1.29 is 20.1 Å². The van der Waals surface area contributed by atoms with E-state index in [1.54, 1.807) is 0 Å². The zero-order valence-electron chi connectivity index (χ0n) is 13.6. The van der Waals surface area contributed by atoms with Crippen LogP contribution in [0.1, 0.15) is 0 Å². The maximum Gasteiger partial charge on any atom is 0 e. The quantitative estimate of drug-likeness (QED) is 0.303. The van der Waals surface area contributed by atoms with Gasteiger partial charge in [-0.2, -0.15) is 97.1 Å². The molecule has 0 aliphatic heterocycles. The molecule has 0 aromatic heterocycles. The summed E-state index contributed by atoms with van der Waals surface area (Å²) in [4.78, 5) is 0. The first-order valence-corrected chi connectivity index (χ1v) is 7.81. The van der Waals surface area contributed by atoms with E-state index in [1.807, 2.05) is 97.1 Å². The van der Waals surface area contributed by atoms with E-state index in [0.717, 1.165) is 22.3 Å². The number of rotatable bonds is 2. The predicted molar refractivity (Wildman–Crippen MR) is 99.1 cm³/mol. The van der Waals surface area contributed by atoms with E-state index >= 15 is 0 Å². The molecule has 0 unspecified atom stereocenters. The molecule has 4 aromatic rings. The smallest absolute Gasteiger partial charge is 0 e. The van der Waals surface area contributed by atoms with Crippen LogP contribution in [0.2, 0.25) is 0 Å². The van der Waals surface area contributed by atoms with E-state index in [2.05, 4.69) is 24.3 Å². The first-order valence-electron chi connectivity index (χ1n) is 7.81. The van der Waals surface area contributed by atoms with Gasteiger partial charge in [0.2, 0.25) is 0 Å². The second kappa shape index (κ2) is 10.4. The normalized spacial score (nSPS) is 9.28. The minimum Gasteiger partial charge on any atom is -0.226 e. The molecule has 0 nitrogen and oxygen atoms in total. The third-order valence-electron chi connectivity index (χ3n) is 3.42. The largest absolute Gasteiger partial charge is 0.226 e. The topological polar surface area (TPSA) is 0 Å². The minimum absolute atomic E-state index is 0. The molecule has 0 aliphatic rings. The standard InChI is InChI=1S/2C12H8.Ir/c2*1-3-7-11(8-4-1)12-9-5-2-6-10-12;/h2*1-7,9H;/q2*-2;. The zero-order valence-corrected chi connectivity index (χ0v) is 16.0. The molecule has 0 heterocycles. The Morgan fingerprint density at radius 1 is 0.360 bits per heavy atom. The van der Waals surface area contributed by atoms with E-state index in [4.69, 9.17) is 0 Å². The molecule has 125 valence electrons. The van der Waals surface area contributed by atoms with Crippen LogP contribution in [0, 0.1) is 24.3 Å². The summed E-state index contributed by atoms with van der Waals surface area (Å²) in [6.07, 6.45) is 0. The zero-order chi connectivity index (χ0) is 16.5. The summed E-state index contributed by atoms with van der Waals surface area (Å²) in [5.74, 6) is 0. The Balaban J connectivity index is 0.000000173. The van der Waals surface area contributed by atoms with Crippen molar-refractivity contribution in [1.82, 2.24) is 0 Å². The molecule has 4 rings (SSSR count). The predicted octanol–water partition coefficient (Wildman–Crippen LogP) is 5.91. The van der Waals surface area contributed by atoms with Gasteiger partial charge in [-0.3, -0.25) is 0 Å². The van der Waals surface area contributed by atoms with Crippen molar-refractivity contribution in [3.05, 3.63) is 121 Å². The van der Waals surface area contributed by atoms with E-state index in [-0.39, 0.29) is 20.1 Å². The van der Waals surface area contributed by atoms with Crippen molar-refractivity contribution >= 4 is 0 Å². The molecule has 0 saturated carbocycles. The molecular weight excluding hydrogens is 480 g/mol. The molecule has 0 spiro atoms. The van der Waals surface area contributed by atoms with Crippen LogP contribution < -0.4 is 0 Å². The van der Waals surface area contributed by atoms with Crippen LogP contribution in [0.3, 0.4) is 0 Å². The van der Waals surface area contributed by atoms with Crippen LogP contribution in [0.25, 0.3) is 22.3 Å². The van der Waals surface area contributed by atoms with Crippen LogP contribution in [-0.2, 0) is 20.1 Å². The van der Waals surface area contributed by atoms with Gasteiger partial charge in [0.05, 0.1) is 0 Å². The summed E-state index contributed by atoms with van der Waals surface area (Å²) in [6.45, 7) is 0. The molecule has 1 radical (unpaired) electrons.